The number of carbonyl (C=O) groups is 1. The molecular weight excluding hydrogens is 518 g/mol. The zero-order valence-electron chi connectivity index (χ0n) is 20.4. The summed E-state index contributed by atoms with van der Waals surface area (Å²) in [6.45, 7) is 2.33. The van der Waals surface area contributed by atoms with Crippen LogP contribution in [0.1, 0.15) is 34.6 Å². The molecule has 0 spiro atoms. The number of benzene rings is 1. The highest BCUT2D eigenvalue weighted by molar-refractivity contribution is 7.99. The minimum absolute atomic E-state index is 0.0219. The molecule has 0 saturated carbocycles. The third-order valence-electron chi connectivity index (χ3n) is 6.25. The maximum absolute atomic E-state index is 13.3. The van der Waals surface area contributed by atoms with E-state index >= 15 is 0 Å². The Morgan fingerprint density at radius 1 is 1.24 bits per heavy atom. The summed E-state index contributed by atoms with van der Waals surface area (Å²) in [5.74, 6) is 1.06. The molecule has 1 atom stereocenters. The molecule has 1 aliphatic rings. The monoisotopic (exact) mass is 544 g/mol. The van der Waals surface area contributed by atoms with Crippen LogP contribution in [-0.2, 0) is 11.3 Å². The molecule has 1 saturated heterocycles. The fraction of sp³-hybridized carbons (Fsp3) is 0.346. The van der Waals surface area contributed by atoms with Crippen LogP contribution in [-0.4, -0.2) is 50.2 Å². The number of thiophene rings is 1. The van der Waals surface area contributed by atoms with E-state index in [1.165, 1.54) is 23.9 Å². The number of aryl methyl sites for hydroxylation is 1. The smallest absolute Gasteiger partial charge is 0.387 e. The van der Waals surface area contributed by atoms with Crippen molar-refractivity contribution < 1.29 is 23.0 Å². The number of aromatic nitrogens is 4. The number of nitrogens with zero attached hydrogens (tertiary/aromatic N) is 4. The molecule has 1 aromatic carbocycles. The molecule has 0 unspecified atom stereocenters. The Bertz CT molecular complexity index is 1360. The average molecular weight is 545 g/mol. The number of alkyl halides is 2. The molecule has 194 valence electrons. The van der Waals surface area contributed by atoms with E-state index in [-0.39, 0.29) is 23.4 Å². The molecule has 3 aromatic heterocycles. The first-order valence-electron chi connectivity index (χ1n) is 11.9. The number of ketones is 1. The molecule has 37 heavy (non-hydrogen) atoms. The van der Waals surface area contributed by atoms with Gasteiger partial charge in [-0.25, -0.2) is 0 Å². The van der Waals surface area contributed by atoms with E-state index in [4.69, 9.17) is 4.74 Å². The van der Waals surface area contributed by atoms with Gasteiger partial charge in [-0.2, -0.15) is 8.78 Å². The summed E-state index contributed by atoms with van der Waals surface area (Å²) >= 11 is 2.97. The number of hydrogen-bond acceptors (Lipinski definition) is 7. The maximum atomic E-state index is 13.3. The fourth-order valence-corrected chi connectivity index (χ4v) is 6.12. The first kappa shape index (κ1) is 25.6. The summed E-state index contributed by atoms with van der Waals surface area (Å²) in [7, 11) is 0. The number of halogens is 2. The largest absolute Gasteiger partial charge is 0.435 e. The summed E-state index contributed by atoms with van der Waals surface area (Å²) in [6.07, 6.45) is 2.15. The summed E-state index contributed by atoms with van der Waals surface area (Å²) in [5, 5.41) is 11.5. The Balaban J connectivity index is 1.33. The lowest BCUT2D eigenvalue weighted by atomic mass is 10.2. The fourth-order valence-electron chi connectivity index (χ4n) is 4.57. The number of carbonyl (C=O) groups excluding carboxylic acids is 1. The van der Waals surface area contributed by atoms with Gasteiger partial charge in [-0.1, -0.05) is 17.8 Å². The van der Waals surface area contributed by atoms with Crippen LogP contribution < -0.4 is 4.74 Å². The van der Waals surface area contributed by atoms with Crippen molar-refractivity contribution >= 4 is 28.9 Å². The second-order valence-corrected chi connectivity index (χ2v) is 10.6. The van der Waals surface area contributed by atoms with Gasteiger partial charge in [-0.05, 0) is 68.5 Å². The van der Waals surface area contributed by atoms with E-state index in [1.807, 2.05) is 42.0 Å². The van der Waals surface area contributed by atoms with Gasteiger partial charge in [-0.15, -0.1) is 21.5 Å². The second kappa shape index (κ2) is 11.2. The van der Waals surface area contributed by atoms with E-state index in [2.05, 4.69) is 19.5 Å². The molecule has 0 aliphatic carbocycles. The molecule has 5 rings (SSSR count). The van der Waals surface area contributed by atoms with Gasteiger partial charge in [0.2, 0.25) is 0 Å². The van der Waals surface area contributed by atoms with E-state index in [1.54, 1.807) is 23.5 Å². The van der Waals surface area contributed by atoms with Gasteiger partial charge in [-0.3, -0.25) is 9.36 Å². The van der Waals surface area contributed by atoms with Crippen LogP contribution in [0.4, 0.5) is 8.78 Å². The third kappa shape index (κ3) is 5.63. The van der Waals surface area contributed by atoms with Crippen molar-refractivity contribution in [1.82, 2.24) is 19.3 Å². The highest BCUT2D eigenvalue weighted by Gasteiger charge is 2.24. The van der Waals surface area contributed by atoms with Gasteiger partial charge < -0.3 is 14.0 Å². The number of Topliss-reactive ketones (excluding diaryl/α,β-unsaturated/α-hetero) is 1. The normalized spacial score (nSPS) is 15.5. The van der Waals surface area contributed by atoms with Gasteiger partial charge in [0.15, 0.2) is 16.8 Å². The number of rotatable bonds is 10. The Kier molecular flexibility index (Phi) is 7.73. The van der Waals surface area contributed by atoms with Crippen LogP contribution in [0.5, 0.6) is 5.75 Å². The Morgan fingerprint density at radius 3 is 2.73 bits per heavy atom. The van der Waals surface area contributed by atoms with Gasteiger partial charge >= 0.3 is 6.61 Å². The minimum Gasteiger partial charge on any atom is -0.435 e. The average Bonchev–Trinajstić information content (AvgIpc) is 3.67. The SMILES string of the molecule is Cc1cc(C(=O)CSc2nnc(-c3cccs3)n2C[C@H]2CCCO2)c(C)n1-c1ccc(OC(F)F)cc1. The van der Waals surface area contributed by atoms with Crippen molar-refractivity contribution in [2.75, 3.05) is 12.4 Å². The molecule has 0 N–H and O–H groups in total. The van der Waals surface area contributed by atoms with Crippen molar-refractivity contribution in [1.29, 1.82) is 0 Å². The Hall–Kier alpha value is -3.02. The minimum atomic E-state index is -2.87. The molecule has 11 heteroatoms. The van der Waals surface area contributed by atoms with Crippen molar-refractivity contribution in [3.05, 3.63) is 64.8 Å². The highest BCUT2D eigenvalue weighted by Crippen LogP contribution is 2.30. The molecule has 0 radical (unpaired) electrons. The Labute approximate surface area is 221 Å². The van der Waals surface area contributed by atoms with Gasteiger partial charge in [0.25, 0.3) is 0 Å². The first-order valence-corrected chi connectivity index (χ1v) is 13.8. The van der Waals surface area contributed by atoms with Crippen molar-refractivity contribution in [3.63, 3.8) is 0 Å². The number of thioether (sulfide) groups is 1. The van der Waals surface area contributed by atoms with Gasteiger partial charge in [0.05, 0.1) is 23.3 Å². The summed E-state index contributed by atoms with van der Waals surface area (Å²) in [6, 6.07) is 12.2. The lowest BCUT2D eigenvalue weighted by Gasteiger charge is -2.14. The molecule has 4 aromatic rings. The summed E-state index contributed by atoms with van der Waals surface area (Å²) < 4.78 is 39.2. The van der Waals surface area contributed by atoms with E-state index in [9.17, 15) is 13.6 Å². The zero-order valence-corrected chi connectivity index (χ0v) is 22.0. The van der Waals surface area contributed by atoms with Crippen LogP contribution in [0, 0.1) is 13.8 Å². The third-order valence-corrected chi connectivity index (χ3v) is 8.09. The molecule has 4 heterocycles. The van der Waals surface area contributed by atoms with Gasteiger partial charge in [0.1, 0.15) is 5.75 Å². The molecule has 1 fully saturated rings. The first-order chi connectivity index (χ1) is 17.9. The van der Waals surface area contributed by atoms with Crippen LogP contribution >= 0.6 is 23.1 Å². The highest BCUT2D eigenvalue weighted by atomic mass is 32.2. The maximum Gasteiger partial charge on any atom is 0.387 e. The molecule has 7 nitrogen and oxygen atoms in total. The number of ether oxygens (including phenoxy) is 2. The second-order valence-electron chi connectivity index (χ2n) is 8.73. The lowest BCUT2D eigenvalue weighted by molar-refractivity contribution is -0.0498. The van der Waals surface area contributed by atoms with Crippen LogP contribution in [0.15, 0.2) is 53.0 Å². The quantitative estimate of drug-likeness (QED) is 0.176. The lowest BCUT2D eigenvalue weighted by Crippen LogP contribution is -2.17. The van der Waals surface area contributed by atoms with Crippen LogP contribution in [0.25, 0.3) is 16.4 Å². The van der Waals surface area contributed by atoms with Crippen molar-refractivity contribution in [3.8, 4) is 22.1 Å². The van der Waals surface area contributed by atoms with Gasteiger partial charge in [0, 0.05) is 29.2 Å². The van der Waals surface area contributed by atoms with E-state index in [0.717, 1.165) is 47.2 Å². The predicted octanol–water partition coefficient (Wildman–Crippen LogP) is 6.17. The molecular formula is C26H26F2N4O3S2. The topological polar surface area (TPSA) is 71.2 Å². The molecule has 0 bridgehead atoms. The van der Waals surface area contributed by atoms with Crippen molar-refractivity contribution in [2.24, 2.45) is 0 Å². The van der Waals surface area contributed by atoms with Crippen LogP contribution in [0.3, 0.4) is 0 Å². The van der Waals surface area contributed by atoms with E-state index < -0.39 is 6.61 Å². The standard InChI is InChI=1S/C26H26F2N4O3S2/c1-16-13-21(17(2)32(16)18-7-9-19(10-8-18)35-25(27)28)22(33)15-37-26-30-29-24(23-6-4-12-36-23)31(26)14-20-5-3-11-34-20/h4,6-10,12-13,20,25H,3,5,11,14-15H2,1-2H3/t20-/m1/s1. The molecule has 1 aliphatic heterocycles. The van der Waals surface area contributed by atoms with Crippen molar-refractivity contribution in [2.45, 2.75) is 51.1 Å². The number of hydrogen-bond donors (Lipinski definition) is 0. The summed E-state index contributed by atoms with van der Waals surface area (Å²) in [5.41, 5.74) is 3.03. The van der Waals surface area contributed by atoms with E-state index in [0.29, 0.717) is 17.3 Å². The summed E-state index contributed by atoms with van der Waals surface area (Å²) in [4.78, 5) is 14.3. The predicted molar refractivity (Wildman–Crippen MR) is 139 cm³/mol. The van der Waals surface area contributed by atoms with Crippen LogP contribution in [0.2, 0.25) is 0 Å². The molecule has 0 amide bonds. The zero-order chi connectivity index (χ0) is 25.9. The Morgan fingerprint density at radius 2 is 2.05 bits per heavy atom.